The van der Waals surface area contributed by atoms with Gasteiger partial charge < -0.3 is 5.11 Å². The zero-order valence-corrected chi connectivity index (χ0v) is 12.9. The van der Waals surface area contributed by atoms with Gasteiger partial charge in [-0.15, -0.1) is 0 Å². The third-order valence-corrected chi connectivity index (χ3v) is 1.74. The molecule has 0 atom stereocenters. The van der Waals surface area contributed by atoms with Crippen LogP contribution in [0.15, 0.2) is 17.1 Å². The van der Waals surface area contributed by atoms with Crippen LogP contribution < -0.4 is 0 Å². The predicted molar refractivity (Wildman–Crippen MR) is 62.8 cm³/mol. The van der Waals surface area contributed by atoms with Crippen molar-refractivity contribution in [3.05, 3.63) is 28.8 Å². The zero-order chi connectivity index (χ0) is 11.8. The van der Waals surface area contributed by atoms with Crippen LogP contribution >= 0.6 is 17.0 Å². The van der Waals surface area contributed by atoms with Crippen LogP contribution in [0.2, 0.25) is 0 Å². The molecule has 2 nitrogen and oxygen atoms in total. The second kappa shape index (κ2) is 8.32. The maximum atomic E-state index is 9.56. The molecule has 0 amide bonds. The molecule has 0 saturated heterocycles. The van der Waals surface area contributed by atoms with Crippen LogP contribution in [0.5, 0.6) is 5.75 Å². The molecule has 82 valence electrons. The zero-order valence-electron chi connectivity index (χ0n) is 8.88. The molecule has 0 fully saturated rings. The second-order valence-electron chi connectivity index (χ2n) is 2.98. The quantitative estimate of drug-likeness (QED) is 0.788. The standard InChI is InChI=1S/C10H13NO.2ClH.Zr/c1-7-4-8(2)10(12)9(5-7)6-11-3;;;/h4-6,12H,1-3H3;2*1H;/q;;;+2/p-2. The van der Waals surface area contributed by atoms with Crippen LogP contribution in [-0.2, 0) is 20.8 Å². The first-order chi connectivity index (χ1) is 7.06. The molecule has 1 aromatic rings. The van der Waals surface area contributed by atoms with Gasteiger partial charge in [-0.05, 0) is 31.0 Å². The minimum atomic E-state index is -0.826. The van der Waals surface area contributed by atoms with Crippen LogP contribution in [0.25, 0.3) is 0 Å². The average molecular weight is 325 g/mol. The van der Waals surface area contributed by atoms with Crippen LogP contribution in [-0.4, -0.2) is 18.4 Å². The van der Waals surface area contributed by atoms with Crippen LogP contribution in [0.3, 0.4) is 0 Å². The monoisotopic (exact) mass is 323 g/mol. The van der Waals surface area contributed by atoms with E-state index < -0.39 is 20.8 Å². The van der Waals surface area contributed by atoms with E-state index >= 15 is 0 Å². The van der Waals surface area contributed by atoms with E-state index in [1.165, 1.54) is 0 Å². The Morgan fingerprint density at radius 3 is 2.33 bits per heavy atom. The summed E-state index contributed by atoms with van der Waals surface area (Å²) in [5.74, 6) is 0.325. The average Bonchev–Trinajstić information content (AvgIpc) is 2.15. The molecule has 1 rings (SSSR count). The Morgan fingerprint density at radius 2 is 1.87 bits per heavy atom. The summed E-state index contributed by atoms with van der Waals surface area (Å²) in [6, 6.07) is 3.86. The third-order valence-electron chi connectivity index (χ3n) is 1.74. The molecule has 15 heavy (non-hydrogen) atoms. The van der Waals surface area contributed by atoms with Crippen molar-refractivity contribution in [2.45, 2.75) is 13.8 Å². The van der Waals surface area contributed by atoms with E-state index in [2.05, 4.69) is 4.99 Å². The normalized spacial score (nSPS) is 9.67. The van der Waals surface area contributed by atoms with Crippen molar-refractivity contribution in [3.8, 4) is 5.75 Å². The number of benzene rings is 1. The number of aliphatic imine (C=N–C) groups is 1. The van der Waals surface area contributed by atoms with Gasteiger partial charge in [-0.3, -0.25) is 4.99 Å². The number of aromatic hydroxyl groups is 1. The number of rotatable bonds is 1. The number of hydrogen-bond acceptors (Lipinski definition) is 2. The van der Waals surface area contributed by atoms with E-state index in [0.717, 1.165) is 16.7 Å². The maximum absolute atomic E-state index is 9.56. The summed E-state index contributed by atoms with van der Waals surface area (Å²) in [4.78, 5) is 3.86. The summed E-state index contributed by atoms with van der Waals surface area (Å²) in [5.41, 5.74) is 2.82. The van der Waals surface area contributed by atoms with Crippen molar-refractivity contribution in [2.75, 3.05) is 7.05 Å². The van der Waals surface area contributed by atoms with Crippen molar-refractivity contribution >= 4 is 23.2 Å². The van der Waals surface area contributed by atoms with Crippen molar-refractivity contribution in [1.82, 2.24) is 0 Å². The van der Waals surface area contributed by atoms with E-state index in [1.807, 2.05) is 26.0 Å². The fourth-order valence-corrected chi connectivity index (χ4v) is 1.23. The van der Waals surface area contributed by atoms with E-state index in [-0.39, 0.29) is 0 Å². The second-order valence-corrected chi connectivity index (χ2v) is 6.71. The fourth-order valence-electron chi connectivity index (χ4n) is 1.23. The van der Waals surface area contributed by atoms with E-state index in [9.17, 15) is 5.11 Å². The van der Waals surface area contributed by atoms with Gasteiger partial charge in [-0.1, -0.05) is 6.07 Å². The Bertz CT molecular complexity index is 342. The van der Waals surface area contributed by atoms with E-state index in [1.54, 1.807) is 13.3 Å². The molecule has 0 unspecified atom stereocenters. The molecular formula is C10H13Cl2NOZr. The molecular weight excluding hydrogens is 312 g/mol. The van der Waals surface area contributed by atoms with Gasteiger partial charge in [0.25, 0.3) is 0 Å². The molecule has 1 N–H and O–H groups in total. The summed E-state index contributed by atoms with van der Waals surface area (Å²) in [6.45, 7) is 3.88. The van der Waals surface area contributed by atoms with Gasteiger partial charge in [0.2, 0.25) is 0 Å². The first kappa shape index (κ1) is 15.2. The molecule has 1 aromatic carbocycles. The van der Waals surface area contributed by atoms with Gasteiger partial charge in [-0.25, -0.2) is 0 Å². The summed E-state index contributed by atoms with van der Waals surface area (Å²) < 4.78 is 0. The third kappa shape index (κ3) is 5.70. The van der Waals surface area contributed by atoms with Crippen molar-refractivity contribution < 1.29 is 26.0 Å². The number of phenols is 1. The van der Waals surface area contributed by atoms with Crippen LogP contribution in [0.4, 0.5) is 0 Å². The van der Waals surface area contributed by atoms with Crippen molar-refractivity contribution in [3.63, 3.8) is 0 Å². The molecule has 0 spiro atoms. The topological polar surface area (TPSA) is 32.6 Å². The molecule has 0 aliphatic rings. The van der Waals surface area contributed by atoms with Crippen LogP contribution in [0, 0.1) is 13.8 Å². The summed E-state index contributed by atoms with van der Waals surface area (Å²) in [7, 11) is 11.6. The number of hydrogen-bond donors (Lipinski definition) is 1. The van der Waals surface area contributed by atoms with E-state index in [4.69, 9.17) is 17.0 Å². The summed E-state index contributed by atoms with van der Waals surface area (Å²) in [6.07, 6.45) is 1.66. The molecule has 0 heterocycles. The summed E-state index contributed by atoms with van der Waals surface area (Å²) in [5, 5.41) is 9.56. The Hall–Kier alpha value is 0.153. The molecule has 0 saturated carbocycles. The molecule has 0 bridgehead atoms. The molecule has 0 aliphatic heterocycles. The Balaban J connectivity index is 0.000000583. The fraction of sp³-hybridized carbons (Fsp3) is 0.300. The molecule has 5 heteroatoms. The first-order valence-electron chi connectivity index (χ1n) is 4.25. The van der Waals surface area contributed by atoms with Gasteiger partial charge in [0.1, 0.15) is 5.75 Å². The van der Waals surface area contributed by atoms with Crippen molar-refractivity contribution in [2.24, 2.45) is 4.99 Å². The minimum absolute atomic E-state index is 0.325. The number of aryl methyl sites for hydroxylation is 2. The van der Waals surface area contributed by atoms with E-state index in [0.29, 0.717) is 5.75 Å². The van der Waals surface area contributed by atoms with Gasteiger partial charge in [0.05, 0.1) is 0 Å². The molecule has 0 radical (unpaired) electrons. The number of halogens is 2. The number of nitrogens with zero attached hydrogens (tertiary/aromatic N) is 1. The van der Waals surface area contributed by atoms with Gasteiger partial charge in [0.15, 0.2) is 0 Å². The Morgan fingerprint density at radius 1 is 1.33 bits per heavy atom. The molecule has 0 aliphatic carbocycles. The number of phenolic OH excluding ortho intramolecular Hbond substituents is 1. The van der Waals surface area contributed by atoms with Crippen LogP contribution in [0.1, 0.15) is 16.7 Å². The summed E-state index contributed by atoms with van der Waals surface area (Å²) >= 11 is -0.826. The SMILES string of the molecule is CN=Cc1cc(C)cc(C)c1O.[Cl][Zr][Cl]. The molecule has 0 aromatic heterocycles. The first-order valence-corrected chi connectivity index (χ1v) is 10.6. The van der Waals surface area contributed by atoms with Gasteiger partial charge >= 0.3 is 37.9 Å². The van der Waals surface area contributed by atoms with Gasteiger partial charge in [-0.2, -0.15) is 0 Å². The Labute approximate surface area is 109 Å². The predicted octanol–water partition coefficient (Wildman–Crippen LogP) is 3.43. The van der Waals surface area contributed by atoms with Gasteiger partial charge in [0, 0.05) is 18.8 Å². The van der Waals surface area contributed by atoms with Crippen molar-refractivity contribution in [1.29, 1.82) is 0 Å². The Kier molecular flexibility index (Phi) is 8.41.